The number of allylic oxidation sites excluding steroid dienone is 5. The molecule has 2 heteroatoms. The first kappa shape index (κ1) is 17.4. The molecule has 0 spiro atoms. The highest BCUT2D eigenvalue weighted by Crippen LogP contribution is 2.36. The van der Waals surface area contributed by atoms with E-state index >= 15 is 0 Å². The highest BCUT2D eigenvalue weighted by Gasteiger charge is 2.36. The predicted molar refractivity (Wildman–Crippen MR) is 92.6 cm³/mol. The van der Waals surface area contributed by atoms with Crippen LogP contribution in [0.1, 0.15) is 52.9 Å². The Bertz CT molecular complexity index is 369. The average molecular weight is 293 g/mol. The van der Waals surface area contributed by atoms with E-state index in [9.17, 15) is 0 Å². The van der Waals surface area contributed by atoms with Gasteiger partial charge in [0.2, 0.25) is 0 Å². The summed E-state index contributed by atoms with van der Waals surface area (Å²) in [6, 6.07) is 0. The van der Waals surface area contributed by atoms with Crippen LogP contribution >= 0.6 is 0 Å². The molecular formula is C18H32OSi. The van der Waals surface area contributed by atoms with Crippen LogP contribution in [0.25, 0.3) is 0 Å². The second-order valence-corrected chi connectivity index (χ2v) is 12.0. The Morgan fingerprint density at radius 2 is 1.70 bits per heavy atom. The van der Waals surface area contributed by atoms with Crippen molar-refractivity contribution in [3.05, 3.63) is 36.0 Å². The molecule has 0 amide bonds. The second-order valence-electron chi connectivity index (χ2n) is 7.18. The maximum absolute atomic E-state index is 6.28. The molecule has 0 bridgehead atoms. The van der Waals surface area contributed by atoms with Crippen molar-refractivity contribution in [2.45, 2.75) is 71.0 Å². The van der Waals surface area contributed by atoms with Gasteiger partial charge in [-0.15, -0.1) is 0 Å². The highest BCUT2D eigenvalue weighted by atomic mass is 28.4. The van der Waals surface area contributed by atoms with E-state index < -0.39 is 8.32 Å². The lowest BCUT2D eigenvalue weighted by Crippen LogP contribution is -2.41. The van der Waals surface area contributed by atoms with Crippen molar-refractivity contribution in [2.24, 2.45) is 0 Å². The average Bonchev–Trinajstić information content (AvgIpc) is 2.35. The lowest BCUT2D eigenvalue weighted by atomic mass is 10.1. The summed E-state index contributed by atoms with van der Waals surface area (Å²) < 4.78 is 6.28. The second kappa shape index (κ2) is 7.99. The van der Waals surface area contributed by atoms with Gasteiger partial charge >= 0.3 is 0 Å². The standard InChI is InChI=1S/C18H32OSi/c1-18(2,3)20(4,5)19-16-15-17-13-11-9-7-6-8-10-12-14-17/h7,9-10,12-13H,6,8,11,14-16H2,1-5H3/b9-7+,12-10-,17-13+. The molecular weight excluding hydrogens is 260 g/mol. The summed E-state index contributed by atoms with van der Waals surface area (Å²) >= 11 is 0. The summed E-state index contributed by atoms with van der Waals surface area (Å²) in [5.74, 6) is 0. The van der Waals surface area contributed by atoms with E-state index in [2.05, 4.69) is 64.2 Å². The maximum Gasteiger partial charge on any atom is 0.191 e. The van der Waals surface area contributed by atoms with Gasteiger partial charge in [0.15, 0.2) is 8.32 Å². The normalized spacial score (nSPS) is 23.8. The zero-order chi connectivity index (χ0) is 15.1. The number of hydrogen-bond acceptors (Lipinski definition) is 1. The fraction of sp³-hybridized carbons (Fsp3) is 0.667. The Morgan fingerprint density at radius 1 is 1.05 bits per heavy atom. The van der Waals surface area contributed by atoms with Crippen LogP contribution in [0.4, 0.5) is 0 Å². The van der Waals surface area contributed by atoms with E-state index in [0.717, 1.165) is 25.9 Å². The van der Waals surface area contributed by atoms with E-state index in [1.165, 1.54) is 18.4 Å². The zero-order valence-corrected chi connectivity index (χ0v) is 15.0. The lowest BCUT2D eigenvalue weighted by Gasteiger charge is -2.36. The van der Waals surface area contributed by atoms with Crippen LogP contribution in [0, 0.1) is 0 Å². The molecule has 0 saturated heterocycles. The third kappa shape index (κ3) is 6.23. The molecule has 0 aliphatic heterocycles. The molecule has 20 heavy (non-hydrogen) atoms. The van der Waals surface area contributed by atoms with Crippen molar-refractivity contribution in [3.63, 3.8) is 0 Å². The molecule has 1 nitrogen and oxygen atoms in total. The first-order valence-electron chi connectivity index (χ1n) is 7.95. The van der Waals surface area contributed by atoms with Crippen molar-refractivity contribution < 1.29 is 4.43 Å². The Labute approximate surface area is 126 Å². The minimum absolute atomic E-state index is 0.306. The van der Waals surface area contributed by atoms with Crippen LogP contribution in [0.2, 0.25) is 18.1 Å². The molecule has 1 aliphatic rings. The van der Waals surface area contributed by atoms with Gasteiger partial charge in [0, 0.05) is 6.61 Å². The third-order valence-corrected chi connectivity index (χ3v) is 8.99. The topological polar surface area (TPSA) is 9.23 Å². The van der Waals surface area contributed by atoms with Crippen LogP contribution in [-0.2, 0) is 4.43 Å². The zero-order valence-electron chi connectivity index (χ0n) is 14.0. The van der Waals surface area contributed by atoms with Crippen LogP contribution < -0.4 is 0 Å². The molecule has 0 atom stereocenters. The van der Waals surface area contributed by atoms with Gasteiger partial charge < -0.3 is 4.43 Å². The van der Waals surface area contributed by atoms with Crippen LogP contribution in [0.3, 0.4) is 0 Å². The SMILES string of the molecule is CC(C)(C)[Si](C)(C)OCC/C1=C/C/C=C/CC/C=C\C1. The molecule has 0 radical (unpaired) electrons. The maximum atomic E-state index is 6.28. The Morgan fingerprint density at radius 3 is 2.35 bits per heavy atom. The van der Waals surface area contributed by atoms with E-state index in [1.54, 1.807) is 0 Å². The first-order valence-corrected chi connectivity index (χ1v) is 10.9. The van der Waals surface area contributed by atoms with Gasteiger partial charge in [-0.25, -0.2) is 0 Å². The molecule has 0 aromatic rings. The Kier molecular flexibility index (Phi) is 6.97. The van der Waals surface area contributed by atoms with Crippen molar-refractivity contribution in [1.29, 1.82) is 0 Å². The highest BCUT2D eigenvalue weighted by molar-refractivity contribution is 6.74. The van der Waals surface area contributed by atoms with E-state index in [0.29, 0.717) is 5.04 Å². The first-order chi connectivity index (χ1) is 9.33. The number of hydrogen-bond donors (Lipinski definition) is 0. The largest absolute Gasteiger partial charge is 0.417 e. The van der Waals surface area contributed by atoms with E-state index in [-0.39, 0.29) is 0 Å². The molecule has 114 valence electrons. The number of rotatable bonds is 4. The molecule has 0 N–H and O–H groups in total. The molecule has 0 fully saturated rings. The summed E-state index contributed by atoms with van der Waals surface area (Å²) in [5.41, 5.74) is 1.52. The summed E-state index contributed by atoms with van der Waals surface area (Å²) in [6.45, 7) is 12.4. The molecule has 0 aromatic heterocycles. The summed E-state index contributed by atoms with van der Waals surface area (Å²) in [4.78, 5) is 0. The molecule has 1 aliphatic carbocycles. The van der Waals surface area contributed by atoms with Gasteiger partial charge in [0.05, 0.1) is 0 Å². The molecule has 0 unspecified atom stereocenters. The van der Waals surface area contributed by atoms with Gasteiger partial charge in [-0.2, -0.15) is 0 Å². The van der Waals surface area contributed by atoms with Gasteiger partial charge in [-0.05, 0) is 50.2 Å². The molecule has 0 saturated carbocycles. The fourth-order valence-corrected chi connectivity index (χ4v) is 2.98. The predicted octanol–water partition coefficient (Wildman–Crippen LogP) is 6.01. The van der Waals surface area contributed by atoms with Crippen LogP contribution in [-0.4, -0.2) is 14.9 Å². The Hall–Kier alpha value is -0.603. The van der Waals surface area contributed by atoms with Crippen molar-refractivity contribution >= 4 is 8.32 Å². The van der Waals surface area contributed by atoms with E-state index in [1.807, 2.05) is 0 Å². The summed E-state index contributed by atoms with van der Waals surface area (Å²) in [7, 11) is -1.59. The minimum atomic E-state index is -1.59. The smallest absolute Gasteiger partial charge is 0.191 e. The summed E-state index contributed by atoms with van der Waals surface area (Å²) in [5, 5.41) is 0.306. The quantitative estimate of drug-likeness (QED) is 0.455. The summed E-state index contributed by atoms with van der Waals surface area (Å²) in [6.07, 6.45) is 17.2. The lowest BCUT2D eigenvalue weighted by molar-refractivity contribution is 0.291. The van der Waals surface area contributed by atoms with Gasteiger partial charge in [0.1, 0.15) is 0 Å². The monoisotopic (exact) mass is 292 g/mol. The van der Waals surface area contributed by atoms with Gasteiger partial charge in [0.25, 0.3) is 0 Å². The third-order valence-electron chi connectivity index (χ3n) is 4.45. The van der Waals surface area contributed by atoms with Crippen LogP contribution in [0.5, 0.6) is 0 Å². The van der Waals surface area contributed by atoms with Crippen molar-refractivity contribution in [3.8, 4) is 0 Å². The van der Waals surface area contributed by atoms with Gasteiger partial charge in [-0.3, -0.25) is 0 Å². The van der Waals surface area contributed by atoms with Gasteiger partial charge in [-0.1, -0.05) is 56.7 Å². The van der Waals surface area contributed by atoms with Crippen molar-refractivity contribution in [1.82, 2.24) is 0 Å². The molecule has 0 aromatic carbocycles. The van der Waals surface area contributed by atoms with Crippen molar-refractivity contribution in [2.75, 3.05) is 6.61 Å². The fourth-order valence-electron chi connectivity index (χ4n) is 1.94. The Balaban J connectivity index is 2.48. The minimum Gasteiger partial charge on any atom is -0.417 e. The molecule has 0 heterocycles. The van der Waals surface area contributed by atoms with Crippen LogP contribution in [0.15, 0.2) is 36.0 Å². The van der Waals surface area contributed by atoms with E-state index in [4.69, 9.17) is 4.43 Å². The molecule has 1 rings (SSSR count).